The predicted octanol–water partition coefficient (Wildman–Crippen LogP) is 1.83. The zero-order valence-corrected chi connectivity index (χ0v) is 10.6. The third-order valence-corrected chi connectivity index (χ3v) is 3.66. The van der Waals surface area contributed by atoms with Crippen molar-refractivity contribution in [1.29, 1.82) is 0 Å². The van der Waals surface area contributed by atoms with Gasteiger partial charge in [0.15, 0.2) is 0 Å². The van der Waals surface area contributed by atoms with Gasteiger partial charge >= 0.3 is 0 Å². The topological polar surface area (TPSA) is 32.3 Å². The van der Waals surface area contributed by atoms with E-state index in [0.717, 1.165) is 6.42 Å². The molecule has 1 N–H and O–H groups in total. The van der Waals surface area contributed by atoms with E-state index in [2.05, 4.69) is 39.9 Å². The van der Waals surface area contributed by atoms with Crippen molar-refractivity contribution in [2.45, 2.75) is 53.1 Å². The minimum absolute atomic E-state index is 0.0245. The molecule has 3 heteroatoms. The molecule has 15 heavy (non-hydrogen) atoms. The molecule has 3 nitrogen and oxygen atoms in total. The lowest BCUT2D eigenvalue weighted by molar-refractivity contribution is -0.132. The molecule has 1 aliphatic heterocycles. The van der Waals surface area contributed by atoms with Crippen LogP contribution in [0.5, 0.6) is 0 Å². The molecule has 1 aliphatic rings. The van der Waals surface area contributed by atoms with Crippen LogP contribution in [-0.4, -0.2) is 29.6 Å². The van der Waals surface area contributed by atoms with E-state index in [1.54, 1.807) is 0 Å². The summed E-state index contributed by atoms with van der Waals surface area (Å²) in [5.74, 6) is 1.23. The molecule has 1 amide bonds. The van der Waals surface area contributed by atoms with Crippen LogP contribution in [0.25, 0.3) is 0 Å². The predicted molar refractivity (Wildman–Crippen MR) is 62.4 cm³/mol. The van der Waals surface area contributed by atoms with Gasteiger partial charge in [-0.15, -0.1) is 0 Å². The number of nitrogens with zero attached hydrogens (tertiary/aromatic N) is 1. The molecule has 1 heterocycles. The fraction of sp³-hybridized carbons (Fsp3) is 0.917. The molecule has 88 valence electrons. The summed E-state index contributed by atoms with van der Waals surface area (Å²) in [5, 5.41) is 3.29. The highest BCUT2D eigenvalue weighted by Gasteiger charge is 2.36. The van der Waals surface area contributed by atoms with Crippen LogP contribution in [0.15, 0.2) is 0 Å². The van der Waals surface area contributed by atoms with E-state index in [1.807, 2.05) is 4.90 Å². The number of carbonyl (C=O) groups excluding carboxylic acids is 1. The molecule has 3 unspecified atom stereocenters. The smallest absolute Gasteiger partial charge is 0.241 e. The average Bonchev–Trinajstić information content (AvgIpc) is 2.57. The minimum atomic E-state index is 0.0245. The summed E-state index contributed by atoms with van der Waals surface area (Å²) in [5.41, 5.74) is 0. The number of rotatable bonds is 4. The summed E-state index contributed by atoms with van der Waals surface area (Å²) in [7, 11) is 0. The van der Waals surface area contributed by atoms with Crippen LogP contribution in [-0.2, 0) is 4.79 Å². The van der Waals surface area contributed by atoms with Gasteiger partial charge < -0.3 is 4.90 Å². The Morgan fingerprint density at radius 2 is 2.00 bits per heavy atom. The van der Waals surface area contributed by atoms with E-state index < -0.39 is 0 Å². The van der Waals surface area contributed by atoms with E-state index in [4.69, 9.17) is 0 Å². The Balaban J connectivity index is 2.63. The van der Waals surface area contributed by atoms with Gasteiger partial charge in [0.05, 0.1) is 12.7 Å². The van der Waals surface area contributed by atoms with Crippen molar-refractivity contribution < 1.29 is 4.79 Å². The number of amides is 1. The van der Waals surface area contributed by atoms with Crippen molar-refractivity contribution in [2.75, 3.05) is 6.67 Å². The van der Waals surface area contributed by atoms with E-state index in [-0.39, 0.29) is 11.9 Å². The van der Waals surface area contributed by atoms with Crippen LogP contribution >= 0.6 is 0 Å². The molecule has 0 bridgehead atoms. The van der Waals surface area contributed by atoms with Gasteiger partial charge in [-0.2, -0.15) is 0 Å². The Hall–Kier alpha value is -0.570. The van der Waals surface area contributed by atoms with Crippen molar-refractivity contribution in [3.8, 4) is 0 Å². The molecule has 0 spiro atoms. The van der Waals surface area contributed by atoms with E-state index in [9.17, 15) is 4.79 Å². The summed E-state index contributed by atoms with van der Waals surface area (Å²) in [6.07, 6.45) is 1.12. The van der Waals surface area contributed by atoms with E-state index in [1.165, 1.54) is 0 Å². The molecular formula is C12H24N2O. The lowest BCUT2D eigenvalue weighted by Gasteiger charge is -2.28. The zero-order valence-electron chi connectivity index (χ0n) is 10.6. The van der Waals surface area contributed by atoms with Crippen molar-refractivity contribution in [3.63, 3.8) is 0 Å². The monoisotopic (exact) mass is 212 g/mol. The first kappa shape index (κ1) is 12.5. The second-order valence-electron chi connectivity index (χ2n) is 5.02. The van der Waals surface area contributed by atoms with Gasteiger partial charge in [0.1, 0.15) is 0 Å². The standard InChI is InChI=1S/C12H24N2O/c1-6-9(4)10(5)14-7-13-11(8(2)3)12(14)15/h8-11,13H,6-7H2,1-5H3. The van der Waals surface area contributed by atoms with Crippen LogP contribution in [0.3, 0.4) is 0 Å². The number of hydrogen-bond acceptors (Lipinski definition) is 2. The maximum atomic E-state index is 12.1. The molecule has 0 aromatic carbocycles. The average molecular weight is 212 g/mol. The summed E-state index contributed by atoms with van der Waals surface area (Å²) < 4.78 is 0. The third-order valence-electron chi connectivity index (χ3n) is 3.66. The third kappa shape index (κ3) is 2.51. The number of hydrogen-bond donors (Lipinski definition) is 1. The van der Waals surface area contributed by atoms with Gasteiger partial charge in [-0.3, -0.25) is 10.1 Å². The van der Waals surface area contributed by atoms with Crippen LogP contribution in [0, 0.1) is 11.8 Å². The lowest BCUT2D eigenvalue weighted by atomic mass is 9.98. The van der Waals surface area contributed by atoms with Gasteiger partial charge in [0.2, 0.25) is 5.91 Å². The van der Waals surface area contributed by atoms with Gasteiger partial charge in [0, 0.05) is 6.04 Å². The van der Waals surface area contributed by atoms with Crippen molar-refractivity contribution >= 4 is 5.91 Å². The molecule has 0 aromatic rings. The van der Waals surface area contributed by atoms with E-state index in [0.29, 0.717) is 24.5 Å². The first-order chi connectivity index (χ1) is 6.99. The zero-order chi connectivity index (χ0) is 11.6. The highest BCUT2D eigenvalue weighted by molar-refractivity contribution is 5.84. The van der Waals surface area contributed by atoms with Crippen LogP contribution < -0.4 is 5.32 Å². The van der Waals surface area contributed by atoms with E-state index >= 15 is 0 Å². The molecule has 0 saturated carbocycles. The van der Waals surface area contributed by atoms with Crippen molar-refractivity contribution in [2.24, 2.45) is 11.8 Å². The fourth-order valence-corrected chi connectivity index (χ4v) is 2.05. The lowest BCUT2D eigenvalue weighted by Crippen LogP contribution is -2.41. The van der Waals surface area contributed by atoms with Gasteiger partial charge in [-0.05, 0) is 18.8 Å². The largest absolute Gasteiger partial charge is 0.326 e. The first-order valence-electron chi connectivity index (χ1n) is 6.02. The molecule has 0 aromatic heterocycles. The summed E-state index contributed by atoms with van der Waals surface area (Å²) in [6.45, 7) is 11.4. The molecule has 0 radical (unpaired) electrons. The fourth-order valence-electron chi connectivity index (χ4n) is 2.05. The molecule has 1 fully saturated rings. The Labute approximate surface area is 93.2 Å². The highest BCUT2D eigenvalue weighted by atomic mass is 16.2. The van der Waals surface area contributed by atoms with Gasteiger partial charge in [-0.25, -0.2) is 0 Å². The Bertz CT molecular complexity index is 228. The van der Waals surface area contributed by atoms with Crippen LogP contribution in [0.4, 0.5) is 0 Å². The Morgan fingerprint density at radius 1 is 1.40 bits per heavy atom. The summed E-state index contributed by atoms with van der Waals surface area (Å²) in [4.78, 5) is 14.1. The maximum Gasteiger partial charge on any atom is 0.241 e. The molecule has 1 rings (SSSR count). The Morgan fingerprint density at radius 3 is 2.40 bits per heavy atom. The highest BCUT2D eigenvalue weighted by Crippen LogP contribution is 2.20. The second kappa shape index (κ2) is 4.97. The van der Waals surface area contributed by atoms with Crippen LogP contribution in [0.2, 0.25) is 0 Å². The second-order valence-corrected chi connectivity index (χ2v) is 5.02. The SMILES string of the molecule is CCC(C)C(C)N1CNC(C(C)C)C1=O. The summed E-state index contributed by atoms with van der Waals surface area (Å²) >= 11 is 0. The Kier molecular flexibility index (Phi) is 4.14. The van der Waals surface area contributed by atoms with Crippen molar-refractivity contribution in [1.82, 2.24) is 10.2 Å². The minimum Gasteiger partial charge on any atom is -0.326 e. The molecule has 0 aliphatic carbocycles. The quantitative estimate of drug-likeness (QED) is 0.771. The normalized spacial score (nSPS) is 26.1. The van der Waals surface area contributed by atoms with Crippen molar-refractivity contribution in [3.05, 3.63) is 0 Å². The van der Waals surface area contributed by atoms with Gasteiger partial charge in [-0.1, -0.05) is 34.1 Å². The molecular weight excluding hydrogens is 188 g/mol. The first-order valence-corrected chi connectivity index (χ1v) is 6.02. The van der Waals surface area contributed by atoms with Gasteiger partial charge in [0.25, 0.3) is 0 Å². The summed E-state index contributed by atoms with van der Waals surface area (Å²) in [6, 6.07) is 0.371. The molecule has 3 atom stereocenters. The van der Waals surface area contributed by atoms with Crippen LogP contribution in [0.1, 0.15) is 41.0 Å². The number of carbonyl (C=O) groups is 1. The maximum absolute atomic E-state index is 12.1. The number of nitrogens with one attached hydrogen (secondary N) is 1. The molecule has 1 saturated heterocycles.